The molecule has 0 saturated carbocycles. The first-order chi connectivity index (χ1) is 15.7. The molecule has 1 aliphatic carbocycles. The van der Waals surface area contributed by atoms with Gasteiger partial charge in [0.05, 0.1) is 12.2 Å². The largest absolute Gasteiger partial charge is 0.484 e. The summed E-state index contributed by atoms with van der Waals surface area (Å²) in [6.07, 6.45) is -2.43. The number of nitrogens with zero attached hydrogens (tertiary/aromatic N) is 1. The number of benzene rings is 1. The van der Waals surface area contributed by atoms with Crippen LogP contribution in [0.3, 0.4) is 0 Å². The second-order valence-electron chi connectivity index (χ2n) is 7.27. The first-order valence-electron chi connectivity index (χ1n) is 10.3. The number of carbonyl (C=O) groups is 2. The van der Waals surface area contributed by atoms with Gasteiger partial charge in [-0.3, -0.25) is 4.79 Å². The highest BCUT2D eigenvalue weighted by molar-refractivity contribution is 7.16. The molecular weight excluding hydrogens is 459 g/mol. The minimum absolute atomic E-state index is 0.0439. The maximum Gasteiger partial charge on any atom is 0.441 e. The lowest BCUT2D eigenvalue weighted by Gasteiger charge is -2.35. The monoisotopic (exact) mass is 481 g/mol. The van der Waals surface area contributed by atoms with Crippen molar-refractivity contribution in [1.82, 2.24) is 5.32 Å². The minimum atomic E-state index is -5.29. The van der Waals surface area contributed by atoms with E-state index in [9.17, 15) is 28.0 Å². The molecule has 0 fully saturated rings. The van der Waals surface area contributed by atoms with Gasteiger partial charge in [-0.15, -0.1) is 11.3 Å². The number of para-hydroxylation sites is 1. The average molecular weight is 481 g/mol. The van der Waals surface area contributed by atoms with E-state index < -0.39 is 30.3 Å². The van der Waals surface area contributed by atoms with Crippen molar-refractivity contribution in [2.24, 2.45) is 0 Å². The van der Waals surface area contributed by atoms with Crippen LogP contribution >= 0.6 is 11.3 Å². The summed E-state index contributed by atoms with van der Waals surface area (Å²) in [6.45, 7) is 0.236. The van der Waals surface area contributed by atoms with E-state index in [2.05, 4.69) is 5.32 Å². The number of halogens is 3. The lowest BCUT2D eigenvalue weighted by atomic mass is 9.96. The highest BCUT2D eigenvalue weighted by Gasteiger charge is 2.64. The Balaban J connectivity index is 1.95. The molecule has 1 aliphatic rings. The smallest absolute Gasteiger partial charge is 0.441 e. The van der Waals surface area contributed by atoms with Gasteiger partial charge in [-0.05, 0) is 50.3 Å². The van der Waals surface area contributed by atoms with E-state index in [1.165, 1.54) is 19.1 Å². The fraction of sp³-hybridized carbons (Fsp3) is 0.409. The van der Waals surface area contributed by atoms with Crippen molar-refractivity contribution in [1.29, 1.82) is 5.26 Å². The van der Waals surface area contributed by atoms with Crippen molar-refractivity contribution in [3.8, 4) is 11.8 Å². The first-order valence-corrected chi connectivity index (χ1v) is 11.1. The van der Waals surface area contributed by atoms with Gasteiger partial charge in [0, 0.05) is 4.88 Å². The number of thiophene rings is 1. The number of nitrogens with one attached hydrogen (secondary N) is 2. The predicted molar refractivity (Wildman–Crippen MR) is 115 cm³/mol. The van der Waals surface area contributed by atoms with Gasteiger partial charge in [0.25, 0.3) is 5.91 Å². The number of alkyl halides is 3. The number of ether oxygens (including phenoxy) is 2. The quantitative estimate of drug-likeness (QED) is 0.438. The van der Waals surface area contributed by atoms with E-state index in [1.807, 2.05) is 6.07 Å². The van der Waals surface area contributed by atoms with Gasteiger partial charge >= 0.3 is 17.8 Å². The molecule has 0 saturated heterocycles. The second-order valence-corrected chi connectivity index (χ2v) is 8.38. The molecular formula is C22H22F3N3O4S. The van der Waals surface area contributed by atoms with Crippen molar-refractivity contribution in [2.45, 2.75) is 44.4 Å². The number of amides is 1. The Morgan fingerprint density at radius 3 is 2.52 bits per heavy atom. The fourth-order valence-corrected chi connectivity index (χ4v) is 4.78. The van der Waals surface area contributed by atoms with Crippen LogP contribution in [-0.4, -0.2) is 36.9 Å². The van der Waals surface area contributed by atoms with E-state index in [-0.39, 0.29) is 22.9 Å². The summed E-state index contributed by atoms with van der Waals surface area (Å²) >= 11 is 0.978. The molecule has 2 aromatic rings. The number of esters is 1. The average Bonchev–Trinajstić information content (AvgIpc) is 3.14. The number of hydrogen-bond donors (Lipinski definition) is 2. The third kappa shape index (κ3) is 5.22. The highest BCUT2D eigenvalue weighted by atomic mass is 32.1. The number of fused-ring (bicyclic) bond motifs is 1. The van der Waals surface area contributed by atoms with E-state index in [0.717, 1.165) is 29.1 Å². The van der Waals surface area contributed by atoms with Crippen LogP contribution in [0.4, 0.5) is 18.2 Å². The van der Waals surface area contributed by atoms with Gasteiger partial charge in [0.15, 0.2) is 6.61 Å². The molecule has 1 amide bonds. The molecule has 0 spiro atoms. The van der Waals surface area contributed by atoms with Crippen LogP contribution in [-0.2, 0) is 27.2 Å². The molecule has 11 heteroatoms. The van der Waals surface area contributed by atoms with Crippen molar-refractivity contribution in [3.05, 3.63) is 46.3 Å². The standard InChI is InChI=1S/C22H22F3N3O4S/c1-2-31-20(30)21(22(23,24)25,27-18(29)13-32-14-8-4-3-5-9-14)28-19-16(12-26)15-10-6-7-11-17(15)33-19/h3-5,8-9,28H,2,6-7,10-11,13H2,1H3,(H,27,29)/t21-/m0/s1. The van der Waals surface area contributed by atoms with E-state index in [0.29, 0.717) is 18.4 Å². The van der Waals surface area contributed by atoms with Crippen molar-refractivity contribution >= 4 is 28.2 Å². The second kappa shape index (κ2) is 10.1. The molecule has 2 N–H and O–H groups in total. The normalized spacial score (nSPS) is 14.9. The maximum absolute atomic E-state index is 14.4. The Bertz CT molecular complexity index is 1050. The molecule has 1 atom stereocenters. The van der Waals surface area contributed by atoms with Gasteiger partial charge in [-0.2, -0.15) is 18.4 Å². The van der Waals surface area contributed by atoms with E-state index in [1.54, 1.807) is 23.5 Å². The summed E-state index contributed by atoms with van der Waals surface area (Å²) in [4.78, 5) is 25.9. The summed E-state index contributed by atoms with van der Waals surface area (Å²) in [6, 6.07) is 9.98. The third-order valence-corrected chi connectivity index (χ3v) is 6.24. The zero-order valence-corrected chi connectivity index (χ0v) is 18.6. The Labute approximate surface area is 192 Å². The molecule has 3 rings (SSSR count). The topological polar surface area (TPSA) is 100 Å². The highest BCUT2D eigenvalue weighted by Crippen LogP contribution is 2.41. The molecule has 33 heavy (non-hydrogen) atoms. The Morgan fingerprint density at radius 1 is 1.18 bits per heavy atom. The first kappa shape index (κ1) is 24.4. The molecule has 7 nitrogen and oxygen atoms in total. The molecule has 1 aromatic carbocycles. The summed E-state index contributed by atoms with van der Waals surface area (Å²) in [5, 5.41) is 13.3. The van der Waals surface area contributed by atoms with Crippen LogP contribution < -0.4 is 15.4 Å². The van der Waals surface area contributed by atoms with Gasteiger partial charge in [0.1, 0.15) is 16.8 Å². The molecule has 176 valence electrons. The lowest BCUT2D eigenvalue weighted by molar-refractivity contribution is -0.208. The number of carbonyl (C=O) groups excluding carboxylic acids is 2. The number of nitriles is 1. The summed E-state index contributed by atoms with van der Waals surface area (Å²) in [7, 11) is 0. The molecule has 0 aliphatic heterocycles. The van der Waals surface area contributed by atoms with Gasteiger partial charge in [-0.25, -0.2) is 4.79 Å². The van der Waals surface area contributed by atoms with Crippen LogP contribution in [0.2, 0.25) is 0 Å². The maximum atomic E-state index is 14.4. The number of rotatable bonds is 8. The molecule has 0 bridgehead atoms. The Morgan fingerprint density at radius 2 is 1.88 bits per heavy atom. The van der Waals surface area contributed by atoms with Crippen molar-refractivity contribution in [2.75, 3.05) is 18.5 Å². The SMILES string of the molecule is CCOC(=O)[C@](NC(=O)COc1ccccc1)(Nc1sc2c(c1C#N)CCCC2)C(F)(F)F. The van der Waals surface area contributed by atoms with Gasteiger partial charge in [0.2, 0.25) is 0 Å². The van der Waals surface area contributed by atoms with Crippen molar-refractivity contribution < 1.29 is 32.2 Å². The molecule has 0 radical (unpaired) electrons. The zero-order valence-electron chi connectivity index (χ0n) is 17.8. The Hall–Kier alpha value is -3.26. The zero-order chi connectivity index (χ0) is 24.1. The summed E-state index contributed by atoms with van der Waals surface area (Å²) < 4.78 is 53.0. The van der Waals surface area contributed by atoms with Crippen LogP contribution in [0.5, 0.6) is 5.75 Å². The molecule has 0 unspecified atom stereocenters. The van der Waals surface area contributed by atoms with Crippen LogP contribution in [0, 0.1) is 11.3 Å². The lowest BCUT2D eigenvalue weighted by Crippen LogP contribution is -2.69. The summed E-state index contributed by atoms with van der Waals surface area (Å²) in [5.41, 5.74) is -2.88. The minimum Gasteiger partial charge on any atom is -0.484 e. The van der Waals surface area contributed by atoms with Crippen molar-refractivity contribution in [3.63, 3.8) is 0 Å². The van der Waals surface area contributed by atoms with Crippen LogP contribution in [0.25, 0.3) is 0 Å². The predicted octanol–water partition coefficient (Wildman–Crippen LogP) is 3.93. The van der Waals surface area contributed by atoms with Gasteiger partial charge in [-0.1, -0.05) is 18.2 Å². The van der Waals surface area contributed by atoms with E-state index in [4.69, 9.17) is 9.47 Å². The van der Waals surface area contributed by atoms with Crippen LogP contribution in [0.1, 0.15) is 35.8 Å². The molecule has 1 heterocycles. The Kier molecular flexibility index (Phi) is 7.48. The van der Waals surface area contributed by atoms with Gasteiger partial charge < -0.3 is 20.1 Å². The number of anilines is 1. The van der Waals surface area contributed by atoms with E-state index >= 15 is 0 Å². The number of hydrogen-bond acceptors (Lipinski definition) is 7. The number of aryl methyl sites for hydroxylation is 1. The van der Waals surface area contributed by atoms with Crippen LogP contribution in [0.15, 0.2) is 30.3 Å². The molecule has 1 aromatic heterocycles. The summed E-state index contributed by atoms with van der Waals surface area (Å²) in [5.74, 6) is -2.66. The fourth-order valence-electron chi connectivity index (χ4n) is 3.48. The third-order valence-electron chi connectivity index (χ3n) is 5.03.